The van der Waals surface area contributed by atoms with Gasteiger partial charge in [-0.3, -0.25) is 9.59 Å². The number of benzene rings is 1. The van der Waals surface area contributed by atoms with Gasteiger partial charge < -0.3 is 19.9 Å². The number of rotatable bonds is 5. The number of pyridine rings is 1. The summed E-state index contributed by atoms with van der Waals surface area (Å²) in [4.78, 5) is 25.2. The molecule has 6 heteroatoms. The van der Waals surface area contributed by atoms with E-state index in [1.165, 1.54) is 6.07 Å². The Labute approximate surface area is 121 Å². The number of H-pyrrole nitrogens is 1. The fourth-order valence-electron chi connectivity index (χ4n) is 2.09. The smallest absolute Gasteiger partial charge is 0.308 e. The van der Waals surface area contributed by atoms with Crippen LogP contribution in [0.15, 0.2) is 35.3 Å². The molecular formula is C15H17NO5. The fourth-order valence-corrected chi connectivity index (χ4v) is 2.09. The number of aliphatic hydroxyl groups excluding tert-OH is 2. The predicted molar refractivity (Wildman–Crippen MR) is 76.8 cm³/mol. The van der Waals surface area contributed by atoms with Gasteiger partial charge in [-0.25, -0.2) is 0 Å². The number of fused-ring (bicyclic) bond motifs is 1. The summed E-state index contributed by atoms with van der Waals surface area (Å²) < 4.78 is 4.73. The lowest BCUT2D eigenvalue weighted by molar-refractivity contribution is -0.147. The van der Waals surface area contributed by atoms with Crippen molar-refractivity contribution in [1.82, 2.24) is 4.98 Å². The molecule has 0 aliphatic rings. The van der Waals surface area contributed by atoms with E-state index in [0.29, 0.717) is 10.9 Å². The topological polar surface area (TPSA) is 99.6 Å². The Hall–Kier alpha value is -2.18. The van der Waals surface area contributed by atoms with Crippen LogP contribution in [0.3, 0.4) is 0 Å². The molecule has 0 aliphatic heterocycles. The minimum atomic E-state index is -1.26. The molecule has 0 spiro atoms. The number of carbonyl (C=O) groups excluding carboxylic acids is 1. The number of nitrogens with one attached hydrogen (secondary N) is 1. The summed E-state index contributed by atoms with van der Waals surface area (Å²) in [6.45, 7) is 1.89. The van der Waals surface area contributed by atoms with Crippen molar-refractivity contribution in [3.63, 3.8) is 0 Å². The summed E-state index contributed by atoms with van der Waals surface area (Å²) in [6.07, 6.45) is -1.20. The third-order valence-corrected chi connectivity index (χ3v) is 3.15. The van der Waals surface area contributed by atoms with E-state index in [9.17, 15) is 19.8 Å². The fraction of sp³-hybridized carbons (Fsp3) is 0.333. The van der Waals surface area contributed by atoms with Crippen LogP contribution >= 0.6 is 0 Å². The monoisotopic (exact) mass is 291 g/mol. The van der Waals surface area contributed by atoms with E-state index in [2.05, 4.69) is 4.98 Å². The Bertz CT molecular complexity index is 694. The highest BCUT2D eigenvalue weighted by Crippen LogP contribution is 2.23. The summed E-state index contributed by atoms with van der Waals surface area (Å²) in [6, 6.07) is 6.38. The van der Waals surface area contributed by atoms with Crippen LogP contribution in [0.4, 0.5) is 0 Å². The normalized spacial score (nSPS) is 13.9. The molecule has 0 saturated heterocycles. The van der Waals surface area contributed by atoms with Crippen LogP contribution in [0.5, 0.6) is 0 Å². The number of aliphatic hydroxyl groups is 2. The van der Waals surface area contributed by atoms with Gasteiger partial charge in [-0.1, -0.05) is 12.1 Å². The van der Waals surface area contributed by atoms with Crippen molar-refractivity contribution in [2.75, 3.05) is 6.61 Å². The number of aromatic nitrogens is 1. The zero-order valence-electron chi connectivity index (χ0n) is 11.6. The van der Waals surface area contributed by atoms with Crippen molar-refractivity contribution >= 4 is 16.7 Å². The standard InChI is InChI=1S/C15H17NO5/c1-2-21-14(19)7-12(17)15(20)9-3-4-10-8-16-13(18)6-11(10)5-9/h3-6,8,12,15,17,20H,2,7H2,1H3,(H,16,18). The maximum atomic E-state index is 11.3. The minimum Gasteiger partial charge on any atom is -0.466 e. The molecule has 2 aromatic rings. The molecule has 0 amide bonds. The predicted octanol–water partition coefficient (Wildman–Crippen LogP) is 0.876. The Morgan fingerprint density at radius 3 is 2.76 bits per heavy atom. The zero-order valence-corrected chi connectivity index (χ0v) is 11.6. The molecule has 0 saturated carbocycles. The number of aromatic amines is 1. The van der Waals surface area contributed by atoms with E-state index >= 15 is 0 Å². The molecule has 0 aliphatic carbocycles. The second-order valence-electron chi connectivity index (χ2n) is 4.71. The molecule has 1 aromatic heterocycles. The molecule has 0 radical (unpaired) electrons. The third-order valence-electron chi connectivity index (χ3n) is 3.15. The van der Waals surface area contributed by atoms with Crippen molar-refractivity contribution in [1.29, 1.82) is 0 Å². The maximum Gasteiger partial charge on any atom is 0.308 e. The molecule has 6 nitrogen and oxygen atoms in total. The number of carbonyl (C=O) groups is 1. The summed E-state index contributed by atoms with van der Waals surface area (Å²) in [5.41, 5.74) is 0.186. The van der Waals surface area contributed by atoms with Gasteiger partial charge in [0, 0.05) is 12.3 Å². The van der Waals surface area contributed by atoms with E-state index in [1.807, 2.05) is 0 Å². The lowest BCUT2D eigenvalue weighted by atomic mass is 9.99. The number of hydrogen-bond acceptors (Lipinski definition) is 5. The lowest BCUT2D eigenvalue weighted by Gasteiger charge is -2.17. The summed E-state index contributed by atoms with van der Waals surface area (Å²) in [5.74, 6) is -0.568. The average Bonchev–Trinajstić information content (AvgIpc) is 2.45. The lowest BCUT2D eigenvalue weighted by Crippen LogP contribution is -2.23. The van der Waals surface area contributed by atoms with Crippen molar-refractivity contribution in [3.8, 4) is 0 Å². The van der Waals surface area contributed by atoms with Gasteiger partial charge in [0.05, 0.1) is 19.1 Å². The minimum absolute atomic E-state index is 0.223. The molecule has 0 bridgehead atoms. The molecule has 2 atom stereocenters. The second kappa shape index (κ2) is 6.51. The van der Waals surface area contributed by atoms with Crippen LogP contribution < -0.4 is 5.56 Å². The molecular weight excluding hydrogens is 274 g/mol. The zero-order chi connectivity index (χ0) is 15.4. The first-order valence-corrected chi connectivity index (χ1v) is 6.65. The average molecular weight is 291 g/mol. The highest BCUT2D eigenvalue weighted by Gasteiger charge is 2.22. The van der Waals surface area contributed by atoms with E-state index in [0.717, 1.165) is 5.39 Å². The second-order valence-corrected chi connectivity index (χ2v) is 4.71. The van der Waals surface area contributed by atoms with E-state index in [-0.39, 0.29) is 18.6 Å². The first-order valence-electron chi connectivity index (χ1n) is 6.65. The Balaban J connectivity index is 2.20. The largest absolute Gasteiger partial charge is 0.466 e. The van der Waals surface area contributed by atoms with Crippen molar-refractivity contribution in [2.24, 2.45) is 0 Å². The van der Waals surface area contributed by atoms with Gasteiger partial charge in [0.15, 0.2) is 0 Å². The van der Waals surface area contributed by atoms with Gasteiger partial charge >= 0.3 is 5.97 Å². The Kier molecular flexibility index (Phi) is 4.72. The number of hydrogen-bond donors (Lipinski definition) is 3. The van der Waals surface area contributed by atoms with E-state index < -0.39 is 18.2 Å². The number of esters is 1. The highest BCUT2D eigenvalue weighted by atomic mass is 16.5. The Morgan fingerprint density at radius 1 is 1.29 bits per heavy atom. The van der Waals surface area contributed by atoms with Crippen molar-refractivity contribution in [3.05, 3.63) is 46.4 Å². The quantitative estimate of drug-likeness (QED) is 0.710. The molecule has 1 aromatic carbocycles. The van der Waals surface area contributed by atoms with Gasteiger partial charge in [-0.2, -0.15) is 0 Å². The summed E-state index contributed by atoms with van der Waals surface area (Å²) in [7, 11) is 0. The third kappa shape index (κ3) is 3.68. The molecule has 2 unspecified atom stereocenters. The highest BCUT2D eigenvalue weighted by molar-refractivity contribution is 5.82. The van der Waals surface area contributed by atoms with Crippen LogP contribution in [0.2, 0.25) is 0 Å². The Morgan fingerprint density at radius 2 is 2.05 bits per heavy atom. The van der Waals surface area contributed by atoms with E-state index in [4.69, 9.17) is 4.74 Å². The van der Waals surface area contributed by atoms with Gasteiger partial charge in [0.25, 0.3) is 0 Å². The number of ether oxygens (including phenoxy) is 1. The maximum absolute atomic E-state index is 11.3. The van der Waals surface area contributed by atoms with Gasteiger partial charge in [0.2, 0.25) is 5.56 Å². The summed E-state index contributed by atoms with van der Waals surface area (Å²) >= 11 is 0. The first kappa shape index (κ1) is 15.2. The molecule has 21 heavy (non-hydrogen) atoms. The van der Waals surface area contributed by atoms with Crippen LogP contribution in [-0.2, 0) is 9.53 Å². The van der Waals surface area contributed by atoms with Gasteiger partial charge in [0.1, 0.15) is 6.10 Å². The van der Waals surface area contributed by atoms with Crippen molar-refractivity contribution < 1.29 is 19.7 Å². The summed E-state index contributed by atoms with van der Waals surface area (Å²) in [5, 5.41) is 21.4. The molecule has 2 rings (SSSR count). The molecule has 3 N–H and O–H groups in total. The van der Waals surface area contributed by atoms with Crippen LogP contribution in [0.1, 0.15) is 25.0 Å². The molecule has 0 fully saturated rings. The SMILES string of the molecule is CCOC(=O)CC(O)C(O)c1ccc2c[nH]c(=O)cc2c1. The first-order chi connectivity index (χ1) is 10.0. The van der Waals surface area contributed by atoms with Crippen LogP contribution in [0, 0.1) is 0 Å². The molecule has 112 valence electrons. The van der Waals surface area contributed by atoms with Crippen LogP contribution in [0.25, 0.3) is 10.8 Å². The van der Waals surface area contributed by atoms with Gasteiger partial charge in [-0.05, 0) is 29.3 Å². The van der Waals surface area contributed by atoms with Crippen molar-refractivity contribution in [2.45, 2.75) is 25.6 Å². The molecule has 1 heterocycles. The van der Waals surface area contributed by atoms with Gasteiger partial charge in [-0.15, -0.1) is 0 Å². The van der Waals surface area contributed by atoms with E-state index in [1.54, 1.807) is 31.3 Å². The van der Waals surface area contributed by atoms with Crippen LogP contribution in [-0.4, -0.2) is 33.9 Å².